The van der Waals surface area contributed by atoms with Gasteiger partial charge in [-0.05, 0) is 54.8 Å². The number of nitrogens with zero attached hydrogens (tertiary/aromatic N) is 2. The third-order valence-electron chi connectivity index (χ3n) is 4.62. The molecule has 0 radical (unpaired) electrons. The maximum Gasteiger partial charge on any atom is 0.270 e. The van der Waals surface area contributed by atoms with Crippen LogP contribution in [0.3, 0.4) is 0 Å². The molecule has 6 heteroatoms. The summed E-state index contributed by atoms with van der Waals surface area (Å²) >= 11 is 0. The number of amides is 1. The minimum Gasteiger partial charge on any atom is -0.508 e. The van der Waals surface area contributed by atoms with Gasteiger partial charge >= 0.3 is 0 Å². The number of aromatic hydroxyl groups is 1. The van der Waals surface area contributed by atoms with Crippen LogP contribution in [0.5, 0.6) is 5.75 Å². The van der Waals surface area contributed by atoms with Gasteiger partial charge in [-0.25, -0.2) is 4.98 Å². The number of nitrogens with one attached hydrogen (secondary N) is 2. The van der Waals surface area contributed by atoms with E-state index in [9.17, 15) is 9.90 Å². The van der Waals surface area contributed by atoms with Gasteiger partial charge in [0.1, 0.15) is 17.1 Å². The normalized spacial score (nSPS) is 12.0. The molecule has 0 aliphatic heterocycles. The molecule has 0 bridgehead atoms. The van der Waals surface area contributed by atoms with E-state index < -0.39 is 0 Å². The predicted molar refractivity (Wildman–Crippen MR) is 108 cm³/mol. The van der Waals surface area contributed by atoms with Crippen LogP contribution >= 0.6 is 0 Å². The molecule has 6 nitrogen and oxygen atoms in total. The molecule has 1 unspecified atom stereocenters. The van der Waals surface area contributed by atoms with Crippen molar-refractivity contribution in [2.75, 3.05) is 0 Å². The molecule has 1 amide bonds. The van der Waals surface area contributed by atoms with Crippen molar-refractivity contribution in [3.05, 3.63) is 78.4 Å². The van der Waals surface area contributed by atoms with Crippen LogP contribution in [-0.4, -0.2) is 32.0 Å². The van der Waals surface area contributed by atoms with Crippen LogP contribution in [0.4, 0.5) is 0 Å². The summed E-state index contributed by atoms with van der Waals surface area (Å²) in [6.07, 6.45) is 5.78. The van der Waals surface area contributed by atoms with Crippen LogP contribution in [0, 0.1) is 0 Å². The van der Waals surface area contributed by atoms with Crippen molar-refractivity contribution in [3.8, 4) is 16.9 Å². The quantitative estimate of drug-likeness (QED) is 0.498. The van der Waals surface area contributed by atoms with Gasteiger partial charge < -0.3 is 15.4 Å². The van der Waals surface area contributed by atoms with E-state index in [-0.39, 0.29) is 17.7 Å². The number of para-hydroxylation sites is 1. The highest BCUT2D eigenvalue weighted by Gasteiger charge is 2.14. The zero-order chi connectivity index (χ0) is 19.5. The number of benzene rings is 1. The smallest absolute Gasteiger partial charge is 0.270 e. The molecule has 0 aliphatic carbocycles. The van der Waals surface area contributed by atoms with E-state index in [2.05, 4.69) is 20.3 Å². The van der Waals surface area contributed by atoms with Crippen molar-refractivity contribution in [1.82, 2.24) is 20.3 Å². The Kier molecular flexibility index (Phi) is 4.76. The molecule has 140 valence electrons. The van der Waals surface area contributed by atoms with Gasteiger partial charge in [0.25, 0.3) is 5.91 Å². The lowest BCUT2D eigenvalue weighted by atomic mass is 10.1. The molecule has 0 spiro atoms. The molecule has 3 aromatic heterocycles. The molecule has 28 heavy (non-hydrogen) atoms. The predicted octanol–water partition coefficient (Wildman–Crippen LogP) is 3.69. The Balaban J connectivity index is 1.50. The summed E-state index contributed by atoms with van der Waals surface area (Å²) in [6.45, 7) is 1.90. The van der Waals surface area contributed by atoms with Crippen LogP contribution in [0.25, 0.3) is 22.2 Å². The SMILES string of the molecule is CC(Cc1ccccc1O)NC(=O)c1cc(-c2cnc3[nH]ccc3c2)ccn1. The van der Waals surface area contributed by atoms with Crippen molar-refractivity contribution in [2.45, 2.75) is 19.4 Å². The number of aromatic amines is 1. The first kappa shape index (κ1) is 17.7. The Labute approximate surface area is 162 Å². The molecular formula is C22H20N4O2. The monoisotopic (exact) mass is 372 g/mol. The standard InChI is InChI=1S/C22H20N4O2/c1-14(10-16-4-2-3-5-20(16)27)26-22(28)19-12-15(6-8-23-19)18-11-17-7-9-24-21(17)25-13-18/h2-9,11-14,27H,10H2,1H3,(H,24,25)(H,26,28). The van der Waals surface area contributed by atoms with Gasteiger partial charge in [-0.15, -0.1) is 0 Å². The number of rotatable bonds is 5. The van der Waals surface area contributed by atoms with Crippen LogP contribution in [0.15, 0.2) is 67.1 Å². The molecule has 1 aromatic carbocycles. The minimum atomic E-state index is -0.250. The van der Waals surface area contributed by atoms with Crippen LogP contribution in [0.1, 0.15) is 23.0 Å². The molecule has 4 rings (SSSR count). The van der Waals surface area contributed by atoms with E-state index in [1.54, 1.807) is 30.6 Å². The summed E-state index contributed by atoms with van der Waals surface area (Å²) in [6, 6.07) is 14.6. The highest BCUT2D eigenvalue weighted by molar-refractivity contribution is 5.94. The van der Waals surface area contributed by atoms with Crippen molar-refractivity contribution in [3.63, 3.8) is 0 Å². The zero-order valence-electron chi connectivity index (χ0n) is 15.4. The molecule has 1 atom stereocenters. The number of H-pyrrole nitrogens is 1. The Hall–Kier alpha value is -3.67. The zero-order valence-corrected chi connectivity index (χ0v) is 15.4. The number of pyridine rings is 2. The maximum absolute atomic E-state index is 12.6. The number of phenolic OH excluding ortho intramolecular Hbond substituents is 1. The lowest BCUT2D eigenvalue weighted by Crippen LogP contribution is -2.34. The Morgan fingerprint density at radius 3 is 2.86 bits per heavy atom. The van der Waals surface area contributed by atoms with Gasteiger partial charge in [-0.2, -0.15) is 0 Å². The number of carbonyl (C=O) groups excluding carboxylic acids is 1. The number of carbonyl (C=O) groups is 1. The first-order valence-electron chi connectivity index (χ1n) is 9.07. The second kappa shape index (κ2) is 7.52. The van der Waals surface area contributed by atoms with Crippen LogP contribution in [-0.2, 0) is 6.42 Å². The fourth-order valence-corrected chi connectivity index (χ4v) is 3.19. The van der Waals surface area contributed by atoms with Gasteiger partial charge in [-0.1, -0.05) is 18.2 Å². The lowest BCUT2D eigenvalue weighted by molar-refractivity contribution is 0.0935. The van der Waals surface area contributed by atoms with Gasteiger partial charge in [0.05, 0.1) is 0 Å². The second-order valence-corrected chi connectivity index (χ2v) is 6.78. The highest BCUT2D eigenvalue weighted by Crippen LogP contribution is 2.22. The number of fused-ring (bicyclic) bond motifs is 1. The lowest BCUT2D eigenvalue weighted by Gasteiger charge is -2.15. The van der Waals surface area contributed by atoms with Gasteiger partial charge in [0.2, 0.25) is 0 Å². The summed E-state index contributed by atoms with van der Waals surface area (Å²) in [5.74, 6) is -0.0168. The van der Waals surface area contributed by atoms with Gasteiger partial charge in [-0.3, -0.25) is 9.78 Å². The summed E-state index contributed by atoms with van der Waals surface area (Å²) in [4.78, 5) is 24.3. The molecule has 4 aromatic rings. The first-order valence-corrected chi connectivity index (χ1v) is 9.07. The molecule has 0 fully saturated rings. The average Bonchev–Trinajstić information content (AvgIpc) is 3.17. The summed E-state index contributed by atoms with van der Waals surface area (Å²) in [5, 5.41) is 13.9. The number of aromatic nitrogens is 3. The Bertz CT molecular complexity index is 1140. The van der Waals surface area contributed by atoms with Crippen molar-refractivity contribution in [2.24, 2.45) is 0 Å². The maximum atomic E-state index is 12.6. The molecule has 3 heterocycles. The van der Waals surface area contributed by atoms with Crippen LogP contribution in [0.2, 0.25) is 0 Å². The van der Waals surface area contributed by atoms with Gasteiger partial charge in [0, 0.05) is 35.6 Å². The molecule has 3 N–H and O–H groups in total. The van der Waals surface area contributed by atoms with Crippen LogP contribution < -0.4 is 5.32 Å². The van der Waals surface area contributed by atoms with E-state index in [1.165, 1.54) is 0 Å². The third kappa shape index (κ3) is 3.71. The largest absolute Gasteiger partial charge is 0.508 e. The molecule has 0 saturated carbocycles. The fourth-order valence-electron chi connectivity index (χ4n) is 3.19. The van der Waals surface area contributed by atoms with Crippen molar-refractivity contribution in [1.29, 1.82) is 0 Å². The number of phenols is 1. The Morgan fingerprint density at radius 2 is 2.00 bits per heavy atom. The second-order valence-electron chi connectivity index (χ2n) is 6.78. The molecule has 0 saturated heterocycles. The first-order chi connectivity index (χ1) is 13.6. The number of hydrogen-bond acceptors (Lipinski definition) is 4. The van der Waals surface area contributed by atoms with Gasteiger partial charge in [0.15, 0.2) is 0 Å². The van der Waals surface area contributed by atoms with E-state index in [0.717, 1.165) is 27.7 Å². The highest BCUT2D eigenvalue weighted by atomic mass is 16.3. The third-order valence-corrected chi connectivity index (χ3v) is 4.62. The van der Waals surface area contributed by atoms with E-state index in [4.69, 9.17) is 0 Å². The summed E-state index contributed by atoms with van der Waals surface area (Å²) in [5.41, 5.74) is 3.77. The van der Waals surface area contributed by atoms with E-state index in [1.807, 2.05) is 43.5 Å². The fraction of sp³-hybridized carbons (Fsp3) is 0.136. The van der Waals surface area contributed by atoms with E-state index in [0.29, 0.717) is 12.1 Å². The molecular weight excluding hydrogens is 352 g/mol. The Morgan fingerprint density at radius 1 is 1.14 bits per heavy atom. The number of hydrogen-bond donors (Lipinski definition) is 3. The molecule has 0 aliphatic rings. The topological polar surface area (TPSA) is 90.9 Å². The minimum absolute atomic E-state index is 0.149. The average molecular weight is 372 g/mol. The van der Waals surface area contributed by atoms with Crippen molar-refractivity contribution >= 4 is 16.9 Å². The summed E-state index contributed by atoms with van der Waals surface area (Å²) < 4.78 is 0. The summed E-state index contributed by atoms with van der Waals surface area (Å²) in [7, 11) is 0. The van der Waals surface area contributed by atoms with E-state index >= 15 is 0 Å². The van der Waals surface area contributed by atoms with Crippen molar-refractivity contribution < 1.29 is 9.90 Å².